The van der Waals surface area contributed by atoms with Gasteiger partial charge in [-0.2, -0.15) is 0 Å². The molecule has 0 radical (unpaired) electrons. The van der Waals surface area contributed by atoms with E-state index in [4.69, 9.17) is 4.43 Å². The van der Waals surface area contributed by atoms with Crippen LogP contribution in [0.2, 0.25) is 54.4 Å². The molecule has 0 bridgehead atoms. The van der Waals surface area contributed by atoms with E-state index in [2.05, 4.69) is 62.3 Å². The lowest BCUT2D eigenvalue weighted by Crippen LogP contribution is -2.89. The largest absolute Gasteiger partial charge is 0.527 e. The van der Waals surface area contributed by atoms with Crippen molar-refractivity contribution in [1.82, 2.24) is 0 Å². The maximum atomic E-state index is 13.9. The van der Waals surface area contributed by atoms with Crippen LogP contribution in [0, 0.1) is 5.82 Å². The highest BCUT2D eigenvalue weighted by Gasteiger charge is 2.74. The molecule has 1 aromatic rings. The Morgan fingerprint density at radius 2 is 0.939 bits per heavy atom. The minimum absolute atomic E-state index is 0.0139. The first-order valence-electron chi connectivity index (χ1n) is 13.6. The topological polar surface area (TPSA) is 26.3 Å². The minimum atomic E-state index is -2.37. The van der Waals surface area contributed by atoms with Crippen molar-refractivity contribution in [3.63, 3.8) is 0 Å². The molecule has 1 aromatic carbocycles. The standard InChI is InChI=1S/C26H51FO2Si4/c1-10-30(11-2,12-3)33(31(13-4,14-5)15-6,32(16-7,17-8)18-9)29-26(28)23-24-19-21-25(27)22-20-24/h19-22H,10-18,23H2,1-9H3. The number of carbonyl (C=O) groups excluding carboxylic acids is 1. The lowest BCUT2D eigenvalue weighted by molar-refractivity contribution is -0.133. The van der Waals surface area contributed by atoms with E-state index in [1.807, 2.05) is 0 Å². The van der Waals surface area contributed by atoms with Gasteiger partial charge >= 0.3 is 0 Å². The minimum Gasteiger partial charge on any atom is -0.527 e. The quantitative estimate of drug-likeness (QED) is 0.214. The van der Waals surface area contributed by atoms with Gasteiger partial charge in [-0.05, 0) is 17.7 Å². The van der Waals surface area contributed by atoms with Crippen LogP contribution in [0.5, 0.6) is 0 Å². The maximum Gasteiger partial charge on any atom is 0.296 e. The van der Waals surface area contributed by atoms with Crippen LogP contribution < -0.4 is 0 Å². The molecule has 1 rings (SSSR count). The van der Waals surface area contributed by atoms with Gasteiger partial charge < -0.3 is 4.43 Å². The third-order valence-corrected chi connectivity index (χ3v) is 79.6. The summed E-state index contributed by atoms with van der Waals surface area (Å²) in [6.07, 6.45) is 0.278. The van der Waals surface area contributed by atoms with Crippen molar-refractivity contribution in [3.8, 4) is 0 Å². The monoisotopic (exact) mass is 526 g/mol. The summed E-state index contributed by atoms with van der Waals surface area (Å²) < 4.78 is 20.9. The molecule has 0 aromatic heterocycles. The molecule has 0 saturated heterocycles. The average molecular weight is 527 g/mol. The zero-order chi connectivity index (χ0) is 25.3. The van der Waals surface area contributed by atoms with E-state index in [1.54, 1.807) is 12.1 Å². The molecule has 2 nitrogen and oxygen atoms in total. The average Bonchev–Trinajstić information content (AvgIpc) is 2.84. The van der Waals surface area contributed by atoms with Crippen LogP contribution >= 0.6 is 0 Å². The lowest BCUT2D eigenvalue weighted by atomic mass is 10.1. The first-order chi connectivity index (χ1) is 15.7. The van der Waals surface area contributed by atoms with E-state index in [-0.39, 0.29) is 18.2 Å². The Morgan fingerprint density at radius 1 is 0.636 bits per heavy atom. The van der Waals surface area contributed by atoms with Gasteiger partial charge in [-0.3, -0.25) is 4.79 Å². The molecule has 0 aliphatic heterocycles. The van der Waals surface area contributed by atoms with Crippen molar-refractivity contribution in [2.24, 2.45) is 0 Å². The van der Waals surface area contributed by atoms with E-state index in [1.165, 1.54) is 66.5 Å². The molecule has 0 heterocycles. The fourth-order valence-electron chi connectivity index (χ4n) is 7.48. The van der Waals surface area contributed by atoms with E-state index in [9.17, 15) is 9.18 Å². The number of hydrogen-bond donors (Lipinski definition) is 0. The molecular weight excluding hydrogens is 476 g/mol. The van der Waals surface area contributed by atoms with Crippen LogP contribution in [0.3, 0.4) is 0 Å². The molecule has 0 fully saturated rings. The van der Waals surface area contributed by atoms with E-state index >= 15 is 0 Å². The number of rotatable bonds is 15. The van der Waals surface area contributed by atoms with Crippen molar-refractivity contribution >= 4 is 35.6 Å². The predicted octanol–water partition coefficient (Wildman–Crippen LogP) is 8.62. The molecule has 0 amide bonds. The molecule has 0 N–H and O–H groups in total. The highest BCUT2D eigenvalue weighted by atomic mass is 29.9. The smallest absolute Gasteiger partial charge is 0.296 e. The molecule has 0 atom stereocenters. The van der Waals surface area contributed by atoms with Gasteiger partial charge in [-0.15, -0.1) is 0 Å². The summed E-state index contributed by atoms with van der Waals surface area (Å²) in [4.78, 5) is 13.9. The molecular formula is C26H51FO2Si4. The zero-order valence-corrected chi connectivity index (χ0v) is 27.1. The number of hydrogen-bond acceptors (Lipinski definition) is 2. The second-order valence-corrected chi connectivity index (χ2v) is 46.0. The first kappa shape index (κ1) is 30.5. The number of halogens is 1. The number of carbonyl (C=O) groups is 1. The molecule has 0 unspecified atom stereocenters. The van der Waals surface area contributed by atoms with Gasteiger partial charge in [0.05, 0.1) is 29.2 Å². The summed E-state index contributed by atoms with van der Waals surface area (Å²) in [6, 6.07) is 17.7. The fraction of sp³-hybridized carbons (Fsp3) is 0.731. The second kappa shape index (κ2) is 13.0. The van der Waals surface area contributed by atoms with E-state index < -0.39 is 29.6 Å². The molecule has 0 spiro atoms. The summed E-state index contributed by atoms with van der Waals surface area (Å²) >= 11 is 0. The molecule has 190 valence electrons. The van der Waals surface area contributed by atoms with Crippen molar-refractivity contribution in [2.45, 2.75) is 123 Å². The summed E-state index contributed by atoms with van der Waals surface area (Å²) in [5, 5.41) is 0. The van der Waals surface area contributed by atoms with Gasteiger partial charge in [0, 0.05) is 0 Å². The van der Waals surface area contributed by atoms with Crippen molar-refractivity contribution in [1.29, 1.82) is 0 Å². The van der Waals surface area contributed by atoms with Crippen LogP contribution in [0.4, 0.5) is 4.39 Å². The molecule has 7 heteroatoms. The van der Waals surface area contributed by atoms with Crippen LogP contribution in [0.15, 0.2) is 24.3 Å². The Balaban J connectivity index is 3.94. The van der Waals surface area contributed by atoms with E-state index in [0.717, 1.165) is 5.56 Å². The van der Waals surface area contributed by atoms with Gasteiger partial charge in [0.25, 0.3) is 5.97 Å². The third kappa shape index (κ3) is 5.21. The third-order valence-electron chi connectivity index (χ3n) is 9.86. The molecule has 0 aliphatic carbocycles. The van der Waals surface area contributed by atoms with Crippen molar-refractivity contribution in [2.75, 3.05) is 0 Å². The zero-order valence-electron chi connectivity index (χ0n) is 23.1. The Morgan fingerprint density at radius 3 is 1.21 bits per heavy atom. The van der Waals surface area contributed by atoms with Crippen LogP contribution in [-0.4, -0.2) is 35.6 Å². The highest BCUT2D eigenvalue weighted by Crippen LogP contribution is 2.51. The van der Waals surface area contributed by atoms with Crippen LogP contribution in [0.25, 0.3) is 0 Å². The summed E-state index contributed by atoms with van der Waals surface area (Å²) in [5.41, 5.74) is 0.870. The summed E-state index contributed by atoms with van der Waals surface area (Å²) in [7, 11) is -5.47. The summed E-state index contributed by atoms with van der Waals surface area (Å²) in [5.74, 6) is -0.270. The Hall–Kier alpha value is -0.512. The Kier molecular flexibility index (Phi) is 12.0. The predicted molar refractivity (Wildman–Crippen MR) is 154 cm³/mol. The molecule has 33 heavy (non-hydrogen) atoms. The van der Waals surface area contributed by atoms with Gasteiger partial charge in [0.15, 0.2) is 0 Å². The van der Waals surface area contributed by atoms with Gasteiger partial charge in [-0.1, -0.05) is 129 Å². The van der Waals surface area contributed by atoms with Crippen molar-refractivity contribution < 1.29 is 13.6 Å². The Bertz CT molecular complexity index is 651. The molecule has 0 saturated carbocycles. The SMILES string of the molecule is CC[Si](CC)(CC)[Si](OC(=O)Cc1ccc(F)cc1)([Si](CC)(CC)CC)[Si](CC)(CC)CC. The lowest BCUT2D eigenvalue weighted by Gasteiger charge is -2.63. The van der Waals surface area contributed by atoms with Gasteiger partial charge in [0.1, 0.15) is 5.82 Å². The van der Waals surface area contributed by atoms with Crippen molar-refractivity contribution in [3.05, 3.63) is 35.6 Å². The second-order valence-electron chi connectivity index (χ2n) is 9.98. The Labute approximate surface area is 207 Å². The maximum absolute atomic E-state index is 13.9. The normalized spacial score (nSPS) is 13.3. The number of benzene rings is 1. The fourth-order valence-corrected chi connectivity index (χ4v) is 106. The highest BCUT2D eigenvalue weighted by molar-refractivity contribution is 7.88. The first-order valence-corrected chi connectivity index (χ1v) is 26.4. The van der Waals surface area contributed by atoms with Gasteiger partial charge in [0.2, 0.25) is 6.87 Å². The van der Waals surface area contributed by atoms with E-state index in [0.29, 0.717) is 0 Å². The molecule has 0 aliphatic rings. The summed E-state index contributed by atoms with van der Waals surface area (Å²) in [6.45, 7) is 19.5. The van der Waals surface area contributed by atoms with Crippen LogP contribution in [0.1, 0.15) is 67.9 Å². The van der Waals surface area contributed by atoms with Gasteiger partial charge in [-0.25, -0.2) is 4.39 Å². The van der Waals surface area contributed by atoms with Crippen LogP contribution in [-0.2, 0) is 15.6 Å².